The molecular formula is C9H6I2O4. The number of benzene rings is 1. The number of aliphatic carboxylic acids is 1. The maximum atomic E-state index is 10.5. The molecular weight excluding hydrogens is 426 g/mol. The first kappa shape index (κ1) is 12.7. The summed E-state index contributed by atoms with van der Waals surface area (Å²) < 4.78 is 6.55. The van der Waals surface area contributed by atoms with Crippen molar-refractivity contribution in [3.63, 3.8) is 0 Å². The molecule has 0 spiro atoms. The maximum absolute atomic E-state index is 10.5. The second-order valence-electron chi connectivity index (χ2n) is 2.61. The number of rotatable bonds is 4. The molecule has 80 valence electrons. The Bertz CT molecular complexity index is 380. The molecule has 0 saturated heterocycles. The van der Waals surface area contributed by atoms with Crippen LogP contribution in [0.2, 0.25) is 0 Å². The predicted molar refractivity (Wildman–Crippen MR) is 70.4 cm³/mol. The van der Waals surface area contributed by atoms with Crippen LogP contribution in [0, 0.1) is 7.14 Å². The fraction of sp³-hybridized carbons (Fsp3) is 0.111. The quantitative estimate of drug-likeness (QED) is 0.586. The van der Waals surface area contributed by atoms with Crippen LogP contribution < -0.4 is 4.74 Å². The number of hydrogen-bond acceptors (Lipinski definition) is 3. The van der Waals surface area contributed by atoms with Gasteiger partial charge < -0.3 is 9.84 Å². The van der Waals surface area contributed by atoms with Crippen LogP contribution >= 0.6 is 45.2 Å². The summed E-state index contributed by atoms with van der Waals surface area (Å²) in [6.07, 6.45) is 0.741. The summed E-state index contributed by atoms with van der Waals surface area (Å²) in [5.41, 5.74) is 0.548. The zero-order valence-electron chi connectivity index (χ0n) is 7.37. The van der Waals surface area contributed by atoms with Crippen molar-refractivity contribution in [2.45, 2.75) is 0 Å². The van der Waals surface area contributed by atoms with Gasteiger partial charge in [0, 0.05) is 5.56 Å². The standard InChI is InChI=1S/C9H6I2O4/c10-6-1-5(3-12)2-7(11)9(6)15-4-8(13)14/h1-3H,4H2,(H,13,14). The molecule has 0 unspecified atom stereocenters. The van der Waals surface area contributed by atoms with Crippen LogP contribution in [0.25, 0.3) is 0 Å². The Balaban J connectivity index is 2.97. The lowest BCUT2D eigenvalue weighted by atomic mass is 10.2. The predicted octanol–water partition coefficient (Wildman–Crippen LogP) is 2.17. The molecule has 0 aromatic heterocycles. The lowest BCUT2D eigenvalue weighted by molar-refractivity contribution is -0.139. The van der Waals surface area contributed by atoms with Crippen molar-refractivity contribution in [3.8, 4) is 5.75 Å². The van der Waals surface area contributed by atoms with Crippen LogP contribution in [0.4, 0.5) is 0 Å². The molecule has 0 heterocycles. The topological polar surface area (TPSA) is 63.6 Å². The van der Waals surface area contributed by atoms with E-state index in [1.54, 1.807) is 12.1 Å². The van der Waals surface area contributed by atoms with Crippen LogP contribution in [0.3, 0.4) is 0 Å². The van der Waals surface area contributed by atoms with Gasteiger partial charge in [0.15, 0.2) is 6.61 Å². The highest BCUT2D eigenvalue weighted by Gasteiger charge is 2.10. The molecule has 1 aromatic carbocycles. The van der Waals surface area contributed by atoms with Crippen molar-refractivity contribution < 1.29 is 19.4 Å². The molecule has 15 heavy (non-hydrogen) atoms. The minimum atomic E-state index is -1.03. The first-order valence-electron chi connectivity index (χ1n) is 3.83. The molecule has 0 atom stereocenters. The van der Waals surface area contributed by atoms with E-state index in [0.717, 1.165) is 13.4 Å². The molecule has 0 aliphatic rings. The highest BCUT2D eigenvalue weighted by molar-refractivity contribution is 14.1. The molecule has 1 aromatic rings. The molecule has 0 amide bonds. The largest absolute Gasteiger partial charge is 0.480 e. The first-order valence-corrected chi connectivity index (χ1v) is 5.99. The Morgan fingerprint density at radius 3 is 2.33 bits per heavy atom. The maximum Gasteiger partial charge on any atom is 0.341 e. The van der Waals surface area contributed by atoms with Gasteiger partial charge in [0.25, 0.3) is 0 Å². The van der Waals surface area contributed by atoms with Gasteiger partial charge in [-0.25, -0.2) is 4.79 Å². The SMILES string of the molecule is O=Cc1cc(I)c(OCC(=O)O)c(I)c1. The zero-order valence-corrected chi connectivity index (χ0v) is 11.7. The van der Waals surface area contributed by atoms with E-state index >= 15 is 0 Å². The summed E-state index contributed by atoms with van der Waals surface area (Å²) in [7, 11) is 0. The van der Waals surface area contributed by atoms with E-state index in [9.17, 15) is 9.59 Å². The summed E-state index contributed by atoms with van der Waals surface area (Å²) in [5.74, 6) is -0.523. The van der Waals surface area contributed by atoms with Gasteiger partial charge in [-0.05, 0) is 57.3 Å². The van der Waals surface area contributed by atoms with E-state index in [1.165, 1.54) is 0 Å². The molecule has 0 bridgehead atoms. The molecule has 6 heteroatoms. The monoisotopic (exact) mass is 432 g/mol. The number of carboxylic acids is 1. The summed E-state index contributed by atoms with van der Waals surface area (Å²) in [6.45, 7) is -0.383. The Labute approximate surface area is 113 Å². The average Bonchev–Trinajstić information content (AvgIpc) is 2.15. The number of carbonyl (C=O) groups excluding carboxylic acids is 1. The second kappa shape index (κ2) is 5.64. The van der Waals surface area contributed by atoms with E-state index in [2.05, 4.69) is 0 Å². The fourth-order valence-electron chi connectivity index (χ4n) is 0.919. The summed E-state index contributed by atoms with van der Waals surface area (Å²) in [4.78, 5) is 20.9. The van der Waals surface area contributed by atoms with E-state index in [-0.39, 0.29) is 6.61 Å². The minimum Gasteiger partial charge on any atom is -0.480 e. The van der Waals surface area contributed by atoms with Crippen LogP contribution in [-0.4, -0.2) is 24.0 Å². The molecule has 0 radical (unpaired) electrons. The van der Waals surface area contributed by atoms with Crippen LogP contribution in [0.15, 0.2) is 12.1 Å². The second-order valence-corrected chi connectivity index (χ2v) is 4.94. The summed E-state index contributed by atoms with van der Waals surface area (Å²) >= 11 is 4.00. The lowest BCUT2D eigenvalue weighted by Crippen LogP contribution is -2.11. The third-order valence-corrected chi connectivity index (χ3v) is 3.10. The van der Waals surface area contributed by atoms with Crippen molar-refractivity contribution in [2.24, 2.45) is 0 Å². The van der Waals surface area contributed by atoms with E-state index in [0.29, 0.717) is 11.3 Å². The summed E-state index contributed by atoms with van der Waals surface area (Å²) in [5, 5.41) is 8.47. The van der Waals surface area contributed by atoms with Gasteiger partial charge in [0.2, 0.25) is 0 Å². The number of ether oxygens (including phenoxy) is 1. The van der Waals surface area contributed by atoms with Gasteiger partial charge in [-0.3, -0.25) is 4.79 Å². The van der Waals surface area contributed by atoms with E-state index in [4.69, 9.17) is 9.84 Å². The normalized spacial score (nSPS) is 9.73. The number of halogens is 2. The Morgan fingerprint density at radius 1 is 1.40 bits per heavy atom. The van der Waals surface area contributed by atoms with Crippen molar-refractivity contribution in [3.05, 3.63) is 24.8 Å². The molecule has 0 saturated carbocycles. The van der Waals surface area contributed by atoms with Gasteiger partial charge in [-0.1, -0.05) is 0 Å². The molecule has 4 nitrogen and oxygen atoms in total. The van der Waals surface area contributed by atoms with Crippen molar-refractivity contribution >= 4 is 57.4 Å². The molecule has 0 aliphatic heterocycles. The highest BCUT2D eigenvalue weighted by Crippen LogP contribution is 2.28. The first-order chi connectivity index (χ1) is 7.04. The van der Waals surface area contributed by atoms with Crippen LogP contribution in [0.5, 0.6) is 5.75 Å². The Kier molecular flexibility index (Phi) is 4.77. The smallest absolute Gasteiger partial charge is 0.341 e. The fourth-order valence-corrected chi connectivity index (χ4v) is 3.05. The van der Waals surface area contributed by atoms with Gasteiger partial charge in [-0.15, -0.1) is 0 Å². The van der Waals surface area contributed by atoms with Crippen molar-refractivity contribution in [1.82, 2.24) is 0 Å². The summed E-state index contributed by atoms with van der Waals surface area (Å²) in [6, 6.07) is 3.29. The number of carboxylic acid groups (broad SMARTS) is 1. The average molecular weight is 432 g/mol. The third-order valence-electron chi connectivity index (χ3n) is 1.50. The molecule has 1 N–H and O–H groups in total. The highest BCUT2D eigenvalue weighted by atomic mass is 127. The van der Waals surface area contributed by atoms with Gasteiger partial charge in [-0.2, -0.15) is 0 Å². The van der Waals surface area contributed by atoms with Crippen LogP contribution in [0.1, 0.15) is 10.4 Å². The van der Waals surface area contributed by atoms with Gasteiger partial charge >= 0.3 is 5.97 Å². The van der Waals surface area contributed by atoms with Gasteiger partial charge in [0.05, 0.1) is 7.14 Å². The van der Waals surface area contributed by atoms with Gasteiger partial charge in [0.1, 0.15) is 12.0 Å². The number of hydrogen-bond donors (Lipinski definition) is 1. The number of aldehydes is 1. The Hall–Kier alpha value is -0.380. The van der Waals surface area contributed by atoms with E-state index < -0.39 is 5.97 Å². The Morgan fingerprint density at radius 2 is 1.93 bits per heavy atom. The molecule has 0 aliphatic carbocycles. The molecule has 0 fully saturated rings. The number of carbonyl (C=O) groups is 2. The minimum absolute atomic E-state index is 0.383. The van der Waals surface area contributed by atoms with E-state index in [1.807, 2.05) is 45.2 Å². The molecule has 1 rings (SSSR count). The third kappa shape index (κ3) is 3.59. The van der Waals surface area contributed by atoms with Crippen molar-refractivity contribution in [1.29, 1.82) is 0 Å². The zero-order chi connectivity index (χ0) is 11.4. The lowest BCUT2D eigenvalue weighted by Gasteiger charge is -2.08. The van der Waals surface area contributed by atoms with Crippen molar-refractivity contribution in [2.75, 3.05) is 6.61 Å². The van der Waals surface area contributed by atoms with Crippen LogP contribution in [-0.2, 0) is 4.79 Å².